The number of para-hydroxylation sites is 1. The molecule has 1 aliphatic carbocycles. The lowest BCUT2D eigenvalue weighted by atomic mass is 9.97. The number of hydrogen-bond acceptors (Lipinski definition) is 5. The average Bonchev–Trinajstić information content (AvgIpc) is 3.47. The van der Waals surface area contributed by atoms with Crippen LogP contribution in [0.3, 0.4) is 0 Å². The summed E-state index contributed by atoms with van der Waals surface area (Å²) in [5.74, 6) is -0.458. The molecule has 3 heterocycles. The quantitative estimate of drug-likeness (QED) is 0.538. The van der Waals surface area contributed by atoms with E-state index in [-0.39, 0.29) is 41.9 Å². The van der Waals surface area contributed by atoms with E-state index in [0.717, 1.165) is 30.2 Å². The van der Waals surface area contributed by atoms with E-state index in [0.29, 0.717) is 11.5 Å². The van der Waals surface area contributed by atoms with E-state index in [2.05, 4.69) is 15.4 Å². The summed E-state index contributed by atoms with van der Waals surface area (Å²) in [6.07, 6.45) is 2.58. The van der Waals surface area contributed by atoms with Gasteiger partial charge in [-0.15, -0.1) is 0 Å². The molecule has 33 heavy (non-hydrogen) atoms. The van der Waals surface area contributed by atoms with Crippen molar-refractivity contribution in [3.63, 3.8) is 0 Å². The molecule has 2 fully saturated rings. The molecule has 2 bridgehead atoms. The molecule has 3 atom stereocenters. The molecule has 0 radical (unpaired) electrons. The van der Waals surface area contributed by atoms with Gasteiger partial charge >= 0.3 is 0 Å². The van der Waals surface area contributed by atoms with Crippen molar-refractivity contribution >= 4 is 46.0 Å². The van der Waals surface area contributed by atoms with Gasteiger partial charge in [-0.25, -0.2) is 4.98 Å². The number of carbonyl (C=O) groups is 3. The van der Waals surface area contributed by atoms with Gasteiger partial charge in [0.05, 0.1) is 17.6 Å². The first kappa shape index (κ1) is 21.4. The highest BCUT2D eigenvalue weighted by Gasteiger charge is 2.51. The Labute approximate surface area is 194 Å². The van der Waals surface area contributed by atoms with E-state index in [9.17, 15) is 14.4 Å². The lowest BCUT2D eigenvalue weighted by Gasteiger charge is -2.34. The number of nitrogens with one attached hydrogen (secondary N) is 1. The third-order valence-electron chi connectivity index (χ3n) is 6.47. The van der Waals surface area contributed by atoms with Gasteiger partial charge in [-0.05, 0) is 43.4 Å². The van der Waals surface area contributed by atoms with E-state index >= 15 is 0 Å². The van der Waals surface area contributed by atoms with Crippen LogP contribution in [0.25, 0.3) is 10.9 Å². The third-order valence-corrected chi connectivity index (χ3v) is 6.68. The maximum absolute atomic E-state index is 13.5. The predicted molar refractivity (Wildman–Crippen MR) is 122 cm³/mol. The Morgan fingerprint density at radius 3 is 2.73 bits per heavy atom. The van der Waals surface area contributed by atoms with Crippen LogP contribution in [0.1, 0.15) is 25.0 Å². The number of fused-ring (bicyclic) bond motifs is 3. The minimum absolute atomic E-state index is 0.00617. The first-order valence-electron chi connectivity index (χ1n) is 10.9. The fourth-order valence-electron chi connectivity index (χ4n) is 5.18. The van der Waals surface area contributed by atoms with Gasteiger partial charge in [0.25, 0.3) is 0 Å². The molecule has 0 unspecified atom stereocenters. The van der Waals surface area contributed by atoms with Crippen molar-refractivity contribution in [1.82, 2.24) is 19.7 Å². The number of carbonyl (C=O) groups excluding carboxylic acids is 3. The molecule has 1 saturated carbocycles. The van der Waals surface area contributed by atoms with Gasteiger partial charge in [-0.3, -0.25) is 19.1 Å². The number of primary amides is 1. The summed E-state index contributed by atoms with van der Waals surface area (Å²) in [6.45, 7) is -0.0261. The Morgan fingerprint density at radius 1 is 1.12 bits per heavy atom. The van der Waals surface area contributed by atoms with Crippen LogP contribution in [0, 0.1) is 5.92 Å². The molecule has 3 amide bonds. The van der Waals surface area contributed by atoms with E-state index < -0.39 is 11.9 Å². The van der Waals surface area contributed by atoms with Crippen LogP contribution in [0.4, 0.5) is 5.82 Å². The van der Waals surface area contributed by atoms with Gasteiger partial charge < -0.3 is 16.0 Å². The Bertz CT molecular complexity index is 1260. The van der Waals surface area contributed by atoms with E-state index in [1.165, 1.54) is 0 Å². The number of rotatable bonds is 6. The highest BCUT2D eigenvalue weighted by Crippen LogP contribution is 2.43. The Morgan fingerprint density at radius 2 is 1.94 bits per heavy atom. The molecule has 1 aromatic carbocycles. The van der Waals surface area contributed by atoms with Crippen molar-refractivity contribution in [2.45, 2.75) is 44.3 Å². The standard InChI is InChI=1S/C23H23ClN6O3/c24-18-6-3-7-20(26-18)27-23(33)22-13-8-9-14(10-13)30(22)21(32)12-29-17-5-2-1-4-15(17)16(28-29)11-19(25)31/h1-7,13-14,22H,8-12H2,(H2,25,31)(H,26,27,33)/t13-,14+,22-/m0/s1. The summed E-state index contributed by atoms with van der Waals surface area (Å²) in [5.41, 5.74) is 6.65. The molecule has 1 aliphatic heterocycles. The second-order valence-corrected chi connectivity index (χ2v) is 8.96. The molecule has 9 nitrogen and oxygen atoms in total. The number of aromatic nitrogens is 3. The van der Waals surface area contributed by atoms with Gasteiger partial charge in [0, 0.05) is 11.4 Å². The van der Waals surface area contributed by atoms with E-state index in [1.807, 2.05) is 24.3 Å². The molecule has 2 aromatic heterocycles. The molecule has 3 aromatic rings. The van der Waals surface area contributed by atoms with Crippen LogP contribution >= 0.6 is 11.6 Å². The number of pyridine rings is 1. The summed E-state index contributed by atoms with van der Waals surface area (Å²) in [7, 11) is 0. The second-order valence-electron chi connectivity index (χ2n) is 8.57. The van der Waals surface area contributed by atoms with Gasteiger partial charge in [0.1, 0.15) is 23.6 Å². The van der Waals surface area contributed by atoms with Crippen molar-refractivity contribution in [3.8, 4) is 0 Å². The highest BCUT2D eigenvalue weighted by molar-refractivity contribution is 6.29. The van der Waals surface area contributed by atoms with Gasteiger partial charge in [0.2, 0.25) is 17.7 Å². The molecule has 1 saturated heterocycles. The van der Waals surface area contributed by atoms with Crippen molar-refractivity contribution in [1.29, 1.82) is 0 Å². The Hall–Kier alpha value is -3.46. The minimum atomic E-state index is -0.566. The number of likely N-dealkylation sites (tertiary alicyclic amines) is 1. The number of piperidine rings is 1. The fraction of sp³-hybridized carbons (Fsp3) is 0.348. The second kappa shape index (κ2) is 8.47. The fourth-order valence-corrected chi connectivity index (χ4v) is 5.35. The number of benzene rings is 1. The molecule has 3 N–H and O–H groups in total. The summed E-state index contributed by atoms with van der Waals surface area (Å²) in [5, 5.41) is 8.37. The maximum atomic E-state index is 13.5. The molecule has 170 valence electrons. The van der Waals surface area contributed by atoms with Crippen LogP contribution < -0.4 is 11.1 Å². The number of amides is 3. The van der Waals surface area contributed by atoms with Crippen LogP contribution in [-0.2, 0) is 27.3 Å². The molecular weight excluding hydrogens is 444 g/mol. The highest BCUT2D eigenvalue weighted by atomic mass is 35.5. The van der Waals surface area contributed by atoms with Crippen LogP contribution in [0.15, 0.2) is 42.5 Å². The zero-order valence-corrected chi connectivity index (χ0v) is 18.5. The van der Waals surface area contributed by atoms with Crippen molar-refractivity contribution in [3.05, 3.63) is 53.3 Å². The van der Waals surface area contributed by atoms with E-state index in [4.69, 9.17) is 17.3 Å². The predicted octanol–water partition coefficient (Wildman–Crippen LogP) is 2.13. The van der Waals surface area contributed by atoms with Gasteiger partial charge in [-0.1, -0.05) is 35.9 Å². The summed E-state index contributed by atoms with van der Waals surface area (Å²) in [4.78, 5) is 43.9. The summed E-state index contributed by atoms with van der Waals surface area (Å²) in [6, 6.07) is 11.9. The number of hydrogen-bond donors (Lipinski definition) is 2. The molecule has 5 rings (SSSR count). The zero-order chi connectivity index (χ0) is 23.1. The summed E-state index contributed by atoms with van der Waals surface area (Å²) >= 11 is 5.94. The smallest absolute Gasteiger partial charge is 0.248 e. The zero-order valence-electron chi connectivity index (χ0n) is 17.8. The van der Waals surface area contributed by atoms with Crippen LogP contribution in [-0.4, -0.2) is 49.5 Å². The maximum Gasteiger partial charge on any atom is 0.248 e. The van der Waals surface area contributed by atoms with Gasteiger partial charge in [0.15, 0.2) is 0 Å². The normalized spacial score (nSPS) is 21.5. The first-order chi connectivity index (χ1) is 15.9. The monoisotopic (exact) mass is 466 g/mol. The van der Waals surface area contributed by atoms with Crippen molar-refractivity contribution in [2.75, 3.05) is 5.32 Å². The van der Waals surface area contributed by atoms with Crippen LogP contribution in [0.5, 0.6) is 0 Å². The molecular formula is C23H23ClN6O3. The number of halogens is 1. The third kappa shape index (κ3) is 4.04. The number of anilines is 1. The van der Waals surface area contributed by atoms with E-state index in [1.54, 1.807) is 27.8 Å². The molecule has 2 aliphatic rings. The topological polar surface area (TPSA) is 123 Å². The largest absolute Gasteiger partial charge is 0.369 e. The lowest BCUT2D eigenvalue weighted by molar-refractivity contribution is -0.141. The summed E-state index contributed by atoms with van der Waals surface area (Å²) < 4.78 is 1.59. The number of nitrogens with zero attached hydrogens (tertiary/aromatic N) is 4. The SMILES string of the molecule is NC(=O)Cc1nn(CC(=O)N2[C@@H]3CC[C@@H](C3)[C@H]2C(=O)Nc2cccc(Cl)n2)c2ccccc12. The Balaban J connectivity index is 1.39. The molecule has 0 spiro atoms. The Kier molecular flexibility index (Phi) is 5.49. The molecule has 10 heteroatoms. The van der Waals surface area contributed by atoms with Gasteiger partial charge in [-0.2, -0.15) is 5.10 Å². The van der Waals surface area contributed by atoms with Crippen LogP contribution in [0.2, 0.25) is 5.15 Å². The first-order valence-corrected chi connectivity index (χ1v) is 11.3. The van der Waals surface area contributed by atoms with Crippen molar-refractivity contribution < 1.29 is 14.4 Å². The average molecular weight is 467 g/mol. The number of nitrogens with two attached hydrogens (primary N) is 1. The lowest BCUT2D eigenvalue weighted by Crippen LogP contribution is -2.52. The minimum Gasteiger partial charge on any atom is -0.369 e. The van der Waals surface area contributed by atoms with Crippen molar-refractivity contribution in [2.24, 2.45) is 11.7 Å².